The molecule has 0 saturated heterocycles. The van der Waals surface area contributed by atoms with Crippen LogP contribution in [0.3, 0.4) is 0 Å². The van der Waals surface area contributed by atoms with Crippen LogP contribution in [0, 0.1) is 6.92 Å². The van der Waals surface area contributed by atoms with Crippen molar-refractivity contribution in [2.45, 2.75) is 13.8 Å². The van der Waals surface area contributed by atoms with Gasteiger partial charge < -0.3 is 21.3 Å². The molecule has 1 heterocycles. The lowest BCUT2D eigenvalue weighted by Crippen LogP contribution is -2.19. The van der Waals surface area contributed by atoms with Gasteiger partial charge in [0.1, 0.15) is 17.5 Å². The van der Waals surface area contributed by atoms with Crippen molar-refractivity contribution < 1.29 is 4.79 Å². The van der Waals surface area contributed by atoms with E-state index in [1.54, 1.807) is 24.3 Å². The Bertz CT molecular complexity index is 944. The van der Waals surface area contributed by atoms with Gasteiger partial charge >= 0.3 is 6.03 Å². The fourth-order valence-electron chi connectivity index (χ4n) is 2.51. The highest BCUT2D eigenvalue weighted by molar-refractivity contribution is 6.30. The van der Waals surface area contributed by atoms with Gasteiger partial charge in [-0.3, -0.25) is 0 Å². The second-order valence-electron chi connectivity index (χ2n) is 6.00. The lowest BCUT2D eigenvalue weighted by Gasteiger charge is -2.11. The maximum atomic E-state index is 12.1. The van der Waals surface area contributed by atoms with Crippen LogP contribution in [0.25, 0.3) is 0 Å². The first-order valence-electron chi connectivity index (χ1n) is 8.82. The fraction of sp³-hybridized carbons (Fsp3) is 0.150. The van der Waals surface area contributed by atoms with Crippen molar-refractivity contribution in [2.24, 2.45) is 0 Å². The van der Waals surface area contributed by atoms with E-state index in [0.29, 0.717) is 28.0 Å². The Hall–Kier alpha value is -3.32. The first-order chi connectivity index (χ1) is 13.5. The summed E-state index contributed by atoms with van der Waals surface area (Å²) in [6.45, 7) is 4.64. The smallest absolute Gasteiger partial charge is 0.323 e. The molecule has 0 atom stereocenters. The van der Waals surface area contributed by atoms with Gasteiger partial charge in [-0.05, 0) is 62.4 Å². The molecule has 2 aromatic carbocycles. The van der Waals surface area contributed by atoms with Gasteiger partial charge in [0, 0.05) is 34.7 Å². The van der Waals surface area contributed by atoms with Crippen molar-refractivity contribution in [3.63, 3.8) is 0 Å². The molecule has 1 aromatic heterocycles. The molecule has 0 aliphatic rings. The third kappa shape index (κ3) is 5.59. The molecule has 0 fully saturated rings. The molecule has 3 rings (SSSR count). The zero-order valence-electron chi connectivity index (χ0n) is 15.6. The molecule has 0 saturated carbocycles. The van der Waals surface area contributed by atoms with E-state index in [9.17, 15) is 4.79 Å². The number of nitrogens with one attached hydrogen (secondary N) is 4. The Balaban J connectivity index is 1.60. The lowest BCUT2D eigenvalue weighted by atomic mass is 10.2. The first kappa shape index (κ1) is 19.4. The summed E-state index contributed by atoms with van der Waals surface area (Å²) in [4.78, 5) is 20.8. The van der Waals surface area contributed by atoms with Crippen molar-refractivity contribution in [2.75, 3.05) is 27.8 Å². The number of urea groups is 1. The number of hydrogen-bond acceptors (Lipinski definition) is 5. The maximum absolute atomic E-state index is 12.1. The monoisotopic (exact) mass is 396 g/mol. The molecule has 0 aliphatic carbocycles. The molecule has 0 unspecified atom stereocenters. The molecule has 2 amide bonds. The van der Waals surface area contributed by atoms with Crippen molar-refractivity contribution in [3.8, 4) is 0 Å². The van der Waals surface area contributed by atoms with E-state index in [2.05, 4.69) is 31.2 Å². The Morgan fingerprint density at radius 3 is 2.04 bits per heavy atom. The van der Waals surface area contributed by atoms with E-state index in [4.69, 9.17) is 11.6 Å². The van der Waals surface area contributed by atoms with Crippen molar-refractivity contribution in [1.82, 2.24) is 9.97 Å². The largest absolute Gasteiger partial charge is 0.370 e. The minimum Gasteiger partial charge on any atom is -0.370 e. The van der Waals surface area contributed by atoms with Gasteiger partial charge in [-0.25, -0.2) is 14.8 Å². The molecule has 4 N–H and O–H groups in total. The molecule has 0 aliphatic heterocycles. The summed E-state index contributed by atoms with van der Waals surface area (Å²) >= 11 is 5.84. The SMILES string of the molecule is CCNc1cc(Nc2ccc(NC(=O)Nc3ccc(Cl)cc3)cc2)nc(C)n1. The van der Waals surface area contributed by atoms with E-state index < -0.39 is 0 Å². The zero-order valence-corrected chi connectivity index (χ0v) is 16.3. The Labute approximate surface area is 168 Å². The highest BCUT2D eigenvalue weighted by atomic mass is 35.5. The summed E-state index contributed by atoms with van der Waals surface area (Å²) in [5.74, 6) is 2.15. The predicted octanol–water partition coefficient (Wildman–Crippen LogP) is 5.26. The van der Waals surface area contributed by atoms with Gasteiger partial charge in [0.25, 0.3) is 0 Å². The third-order valence-corrected chi connectivity index (χ3v) is 3.97. The number of aryl methyl sites for hydroxylation is 1. The lowest BCUT2D eigenvalue weighted by molar-refractivity contribution is 0.262. The standard InChI is InChI=1S/C20H21ClN6O/c1-3-22-18-12-19(24-13(2)23-18)25-15-8-10-17(11-9-15)27-20(28)26-16-6-4-14(21)5-7-16/h4-12H,3H2,1-2H3,(H2,26,27,28)(H2,22,23,24,25). The number of hydrogen-bond donors (Lipinski definition) is 4. The molecule has 0 bridgehead atoms. The topological polar surface area (TPSA) is 91.0 Å². The minimum atomic E-state index is -0.329. The van der Waals surface area contributed by atoms with Gasteiger partial charge in [0.05, 0.1) is 0 Å². The molecule has 144 valence electrons. The van der Waals surface area contributed by atoms with E-state index in [0.717, 1.165) is 18.1 Å². The molecule has 0 spiro atoms. The molecule has 0 radical (unpaired) electrons. The average Bonchev–Trinajstić information content (AvgIpc) is 2.65. The second kappa shape index (κ2) is 9.05. The Morgan fingerprint density at radius 1 is 0.893 bits per heavy atom. The summed E-state index contributed by atoms with van der Waals surface area (Å²) in [5.41, 5.74) is 2.18. The highest BCUT2D eigenvalue weighted by Gasteiger charge is 2.05. The Morgan fingerprint density at radius 2 is 1.43 bits per heavy atom. The summed E-state index contributed by atoms with van der Waals surface area (Å²) in [6.07, 6.45) is 0. The molecular weight excluding hydrogens is 376 g/mol. The van der Waals surface area contributed by atoms with E-state index in [-0.39, 0.29) is 6.03 Å². The summed E-state index contributed by atoms with van der Waals surface area (Å²) in [6, 6.07) is 15.8. The van der Waals surface area contributed by atoms with Gasteiger partial charge in [0.2, 0.25) is 0 Å². The quantitative estimate of drug-likeness (QED) is 0.456. The van der Waals surface area contributed by atoms with Gasteiger partial charge in [-0.1, -0.05) is 11.6 Å². The number of halogens is 1. The van der Waals surface area contributed by atoms with Crippen LogP contribution in [0.1, 0.15) is 12.7 Å². The van der Waals surface area contributed by atoms with E-state index in [1.807, 2.05) is 44.2 Å². The summed E-state index contributed by atoms with van der Waals surface area (Å²) in [7, 11) is 0. The third-order valence-electron chi connectivity index (χ3n) is 3.71. The number of benzene rings is 2. The number of amides is 2. The first-order valence-corrected chi connectivity index (χ1v) is 9.20. The Kier molecular flexibility index (Phi) is 6.29. The van der Waals surface area contributed by atoms with Crippen molar-refractivity contribution >= 4 is 46.3 Å². The molecule has 28 heavy (non-hydrogen) atoms. The van der Waals surface area contributed by atoms with Crippen LogP contribution in [0.4, 0.5) is 33.5 Å². The van der Waals surface area contributed by atoms with Crippen LogP contribution in [0.2, 0.25) is 5.02 Å². The van der Waals surface area contributed by atoms with Crippen LogP contribution in [0.5, 0.6) is 0 Å². The number of carbonyl (C=O) groups excluding carboxylic acids is 1. The maximum Gasteiger partial charge on any atom is 0.323 e. The van der Waals surface area contributed by atoms with E-state index in [1.165, 1.54) is 0 Å². The molecule has 8 heteroatoms. The number of nitrogens with zero attached hydrogens (tertiary/aromatic N) is 2. The van der Waals surface area contributed by atoms with Crippen LogP contribution in [0.15, 0.2) is 54.6 Å². The minimum absolute atomic E-state index is 0.329. The van der Waals surface area contributed by atoms with Gasteiger partial charge in [-0.2, -0.15) is 0 Å². The van der Waals surface area contributed by atoms with Crippen LogP contribution in [-0.2, 0) is 0 Å². The van der Waals surface area contributed by atoms with Crippen molar-refractivity contribution in [1.29, 1.82) is 0 Å². The molecule has 3 aromatic rings. The highest BCUT2D eigenvalue weighted by Crippen LogP contribution is 2.20. The summed E-state index contributed by atoms with van der Waals surface area (Å²) in [5, 5.41) is 12.6. The van der Waals surface area contributed by atoms with Crippen LogP contribution in [-0.4, -0.2) is 22.5 Å². The van der Waals surface area contributed by atoms with Crippen LogP contribution >= 0.6 is 11.6 Å². The average molecular weight is 397 g/mol. The van der Waals surface area contributed by atoms with Crippen LogP contribution < -0.4 is 21.3 Å². The second-order valence-corrected chi connectivity index (χ2v) is 6.44. The molecular formula is C20H21ClN6O. The normalized spacial score (nSPS) is 10.2. The predicted molar refractivity (Wildman–Crippen MR) is 115 cm³/mol. The number of carbonyl (C=O) groups is 1. The fourth-order valence-corrected chi connectivity index (χ4v) is 2.64. The molecule has 7 nitrogen and oxygen atoms in total. The van der Waals surface area contributed by atoms with E-state index >= 15 is 0 Å². The number of anilines is 5. The van der Waals surface area contributed by atoms with Gasteiger partial charge in [-0.15, -0.1) is 0 Å². The van der Waals surface area contributed by atoms with Crippen molar-refractivity contribution in [3.05, 3.63) is 65.4 Å². The zero-order chi connectivity index (χ0) is 19.9. The summed E-state index contributed by atoms with van der Waals surface area (Å²) < 4.78 is 0. The number of aromatic nitrogens is 2. The number of rotatable bonds is 6. The van der Waals surface area contributed by atoms with Gasteiger partial charge in [0.15, 0.2) is 0 Å².